The lowest BCUT2D eigenvalue weighted by Crippen LogP contribution is -2.46. The highest BCUT2D eigenvalue weighted by Crippen LogP contribution is 2.39. The predicted molar refractivity (Wildman–Crippen MR) is 90.8 cm³/mol. The summed E-state index contributed by atoms with van der Waals surface area (Å²) in [6, 6.07) is 3.42. The van der Waals surface area contributed by atoms with Crippen molar-refractivity contribution in [2.45, 2.75) is 41.9 Å². The van der Waals surface area contributed by atoms with Crippen LogP contribution in [0, 0.1) is 0 Å². The molecule has 0 radical (unpaired) electrons. The SMILES string of the molecule is C=CCN1C(=O)CC[C@]12CCCN(S(=O)(=O)c1cccs1)CC2. The van der Waals surface area contributed by atoms with E-state index in [-0.39, 0.29) is 11.4 Å². The number of nitrogens with zero attached hydrogens (tertiary/aromatic N) is 2. The highest BCUT2D eigenvalue weighted by atomic mass is 32.2. The van der Waals surface area contributed by atoms with Crippen LogP contribution in [0.3, 0.4) is 0 Å². The summed E-state index contributed by atoms with van der Waals surface area (Å²) >= 11 is 1.26. The van der Waals surface area contributed by atoms with Gasteiger partial charge in [-0.3, -0.25) is 4.79 Å². The summed E-state index contributed by atoms with van der Waals surface area (Å²) in [5, 5.41) is 1.79. The summed E-state index contributed by atoms with van der Waals surface area (Å²) in [6.45, 7) is 5.30. The number of rotatable bonds is 4. The van der Waals surface area contributed by atoms with Gasteiger partial charge < -0.3 is 4.90 Å². The Morgan fingerprint density at radius 1 is 1.30 bits per heavy atom. The number of hydrogen-bond acceptors (Lipinski definition) is 4. The van der Waals surface area contributed by atoms with Crippen LogP contribution >= 0.6 is 11.3 Å². The number of likely N-dealkylation sites (tertiary alicyclic amines) is 1. The molecule has 2 saturated heterocycles. The fourth-order valence-electron chi connectivity index (χ4n) is 3.75. The van der Waals surface area contributed by atoms with E-state index in [0.29, 0.717) is 36.7 Å². The van der Waals surface area contributed by atoms with Crippen molar-refractivity contribution in [3.63, 3.8) is 0 Å². The summed E-state index contributed by atoms with van der Waals surface area (Å²) in [5.74, 6) is 0.166. The number of sulfonamides is 1. The van der Waals surface area contributed by atoms with Crippen LogP contribution in [-0.2, 0) is 14.8 Å². The quantitative estimate of drug-likeness (QED) is 0.781. The normalized spacial score (nSPS) is 26.6. The zero-order valence-electron chi connectivity index (χ0n) is 13.1. The Bertz CT molecular complexity index is 684. The number of hydrogen-bond donors (Lipinski definition) is 0. The van der Waals surface area contributed by atoms with Crippen molar-refractivity contribution in [2.75, 3.05) is 19.6 Å². The van der Waals surface area contributed by atoms with Crippen LogP contribution in [0.1, 0.15) is 32.1 Å². The molecular weight excluding hydrogens is 332 g/mol. The zero-order valence-corrected chi connectivity index (χ0v) is 14.7. The first kappa shape index (κ1) is 16.7. The fourth-order valence-corrected chi connectivity index (χ4v) is 6.37. The van der Waals surface area contributed by atoms with Gasteiger partial charge >= 0.3 is 0 Å². The summed E-state index contributed by atoms with van der Waals surface area (Å²) in [4.78, 5) is 14.1. The molecule has 1 aromatic rings. The van der Waals surface area contributed by atoms with Gasteiger partial charge in [0.15, 0.2) is 0 Å². The average Bonchev–Trinajstić information content (AvgIpc) is 3.09. The zero-order chi connectivity index (χ0) is 16.5. The van der Waals surface area contributed by atoms with Crippen LogP contribution in [0.4, 0.5) is 0 Å². The summed E-state index contributed by atoms with van der Waals surface area (Å²) in [6.07, 6.45) is 5.50. The maximum Gasteiger partial charge on any atom is 0.252 e. The number of carbonyl (C=O) groups is 1. The first-order chi connectivity index (χ1) is 11.0. The molecule has 126 valence electrons. The predicted octanol–water partition coefficient (Wildman–Crippen LogP) is 2.47. The second-order valence-corrected chi connectivity index (χ2v) is 9.32. The molecule has 23 heavy (non-hydrogen) atoms. The third kappa shape index (κ3) is 2.97. The largest absolute Gasteiger partial charge is 0.333 e. The van der Waals surface area contributed by atoms with Gasteiger partial charge in [-0.1, -0.05) is 12.1 Å². The highest BCUT2D eigenvalue weighted by Gasteiger charge is 2.46. The van der Waals surface area contributed by atoms with Crippen LogP contribution in [0.5, 0.6) is 0 Å². The Hall–Kier alpha value is -1.18. The first-order valence-electron chi connectivity index (χ1n) is 7.95. The second-order valence-electron chi connectivity index (χ2n) is 6.21. The minimum atomic E-state index is -3.40. The van der Waals surface area contributed by atoms with Crippen LogP contribution < -0.4 is 0 Å². The molecule has 7 heteroatoms. The van der Waals surface area contributed by atoms with Crippen molar-refractivity contribution in [2.24, 2.45) is 0 Å². The molecule has 1 atom stereocenters. The summed E-state index contributed by atoms with van der Waals surface area (Å²) in [7, 11) is -3.40. The smallest absolute Gasteiger partial charge is 0.252 e. The van der Waals surface area contributed by atoms with Crippen LogP contribution in [0.15, 0.2) is 34.4 Å². The lowest BCUT2D eigenvalue weighted by Gasteiger charge is -2.37. The molecule has 0 aliphatic carbocycles. The van der Waals surface area contributed by atoms with Crippen LogP contribution in [0.25, 0.3) is 0 Å². The van der Waals surface area contributed by atoms with Crippen molar-refractivity contribution >= 4 is 27.3 Å². The monoisotopic (exact) mass is 354 g/mol. The summed E-state index contributed by atoms with van der Waals surface area (Å²) in [5.41, 5.74) is -0.189. The van der Waals surface area contributed by atoms with E-state index < -0.39 is 10.0 Å². The standard InChI is InChI=1S/C16H22N2O3S2/c1-2-10-18-14(19)6-8-16(18)7-4-11-17(12-9-16)23(20,21)15-5-3-13-22-15/h2-3,5,13H,1,4,6-12H2/t16-/m0/s1. The topological polar surface area (TPSA) is 57.7 Å². The van der Waals surface area contributed by atoms with E-state index >= 15 is 0 Å². The Labute approximate surface area is 141 Å². The molecule has 0 unspecified atom stereocenters. The highest BCUT2D eigenvalue weighted by molar-refractivity contribution is 7.91. The molecule has 2 fully saturated rings. The number of amides is 1. The molecule has 0 N–H and O–H groups in total. The van der Waals surface area contributed by atoms with Gasteiger partial charge in [-0.15, -0.1) is 17.9 Å². The first-order valence-corrected chi connectivity index (χ1v) is 10.3. The van der Waals surface area contributed by atoms with E-state index in [4.69, 9.17) is 0 Å². The Morgan fingerprint density at radius 3 is 2.83 bits per heavy atom. The van der Waals surface area contributed by atoms with Crippen molar-refractivity contribution < 1.29 is 13.2 Å². The van der Waals surface area contributed by atoms with Gasteiger partial charge in [-0.2, -0.15) is 4.31 Å². The van der Waals surface area contributed by atoms with Crippen molar-refractivity contribution in [3.05, 3.63) is 30.2 Å². The van der Waals surface area contributed by atoms with Crippen LogP contribution in [0.2, 0.25) is 0 Å². The lowest BCUT2D eigenvalue weighted by atomic mass is 9.88. The molecule has 0 aromatic carbocycles. The number of carbonyl (C=O) groups excluding carboxylic acids is 1. The van der Waals surface area contributed by atoms with E-state index in [2.05, 4.69) is 6.58 Å². The van der Waals surface area contributed by atoms with Gasteiger partial charge in [-0.05, 0) is 37.1 Å². The van der Waals surface area contributed by atoms with E-state index in [0.717, 1.165) is 19.3 Å². The van der Waals surface area contributed by atoms with Crippen molar-refractivity contribution in [1.29, 1.82) is 0 Å². The Balaban J connectivity index is 1.80. The molecule has 3 heterocycles. The molecule has 0 saturated carbocycles. The lowest BCUT2D eigenvalue weighted by molar-refractivity contribution is -0.130. The molecule has 1 spiro atoms. The van der Waals surface area contributed by atoms with Gasteiger partial charge in [0.1, 0.15) is 4.21 Å². The van der Waals surface area contributed by atoms with Gasteiger partial charge in [0.25, 0.3) is 10.0 Å². The third-order valence-electron chi connectivity index (χ3n) is 4.95. The maximum absolute atomic E-state index is 12.7. The molecule has 0 bridgehead atoms. The van der Waals surface area contributed by atoms with Gasteiger partial charge in [-0.25, -0.2) is 8.42 Å². The molecule has 2 aliphatic heterocycles. The third-order valence-corrected chi connectivity index (χ3v) is 8.23. The van der Waals surface area contributed by atoms with E-state index in [1.807, 2.05) is 4.90 Å². The molecule has 2 aliphatic rings. The van der Waals surface area contributed by atoms with E-state index in [1.54, 1.807) is 27.9 Å². The van der Waals surface area contributed by atoms with Gasteiger partial charge in [0.05, 0.1) is 0 Å². The average molecular weight is 354 g/mol. The second kappa shape index (κ2) is 6.37. The number of thiophene rings is 1. The fraction of sp³-hybridized carbons (Fsp3) is 0.562. The van der Waals surface area contributed by atoms with E-state index in [9.17, 15) is 13.2 Å². The molecular formula is C16H22N2O3S2. The Kier molecular flexibility index (Phi) is 4.62. The van der Waals surface area contributed by atoms with Gasteiger partial charge in [0.2, 0.25) is 5.91 Å². The van der Waals surface area contributed by atoms with Gasteiger partial charge in [0, 0.05) is 31.6 Å². The Morgan fingerprint density at radius 2 is 2.13 bits per heavy atom. The van der Waals surface area contributed by atoms with Crippen LogP contribution in [-0.4, -0.2) is 48.7 Å². The molecule has 1 amide bonds. The van der Waals surface area contributed by atoms with E-state index in [1.165, 1.54) is 11.3 Å². The van der Waals surface area contributed by atoms with Crippen molar-refractivity contribution in [1.82, 2.24) is 9.21 Å². The minimum Gasteiger partial charge on any atom is -0.333 e. The maximum atomic E-state index is 12.7. The molecule has 3 rings (SSSR count). The van der Waals surface area contributed by atoms with Crippen molar-refractivity contribution in [3.8, 4) is 0 Å². The molecule has 5 nitrogen and oxygen atoms in total. The summed E-state index contributed by atoms with van der Waals surface area (Å²) < 4.78 is 27.4. The molecule has 1 aromatic heterocycles. The minimum absolute atomic E-state index is 0.166.